The number of fused-ring (bicyclic) bond motifs is 1. The Morgan fingerprint density at radius 1 is 1.39 bits per heavy atom. The number of aryl methyl sites for hydroxylation is 1. The van der Waals surface area contributed by atoms with E-state index in [2.05, 4.69) is 46.8 Å². The first-order valence-corrected chi connectivity index (χ1v) is 9.76. The first kappa shape index (κ1) is 16.7. The number of nitrogens with zero attached hydrogens (tertiary/aromatic N) is 1. The van der Waals surface area contributed by atoms with Gasteiger partial charge in [-0.15, -0.1) is 0 Å². The lowest BCUT2D eigenvalue weighted by atomic mass is 10.0. The van der Waals surface area contributed by atoms with Crippen LogP contribution in [0.15, 0.2) is 29.3 Å². The zero-order chi connectivity index (χ0) is 16.1. The number of aliphatic imine (C=N–C) groups is 1. The average Bonchev–Trinajstić information content (AvgIpc) is 3.17. The van der Waals surface area contributed by atoms with Crippen molar-refractivity contribution < 1.29 is 5.11 Å². The molecule has 3 N–H and O–H groups in total. The smallest absolute Gasteiger partial charge is 0.191 e. The van der Waals surface area contributed by atoms with Crippen molar-refractivity contribution in [3.63, 3.8) is 0 Å². The first-order valence-electron chi connectivity index (χ1n) is 8.60. The molecule has 126 valence electrons. The molecule has 1 aromatic carbocycles. The number of benzene rings is 1. The number of rotatable bonds is 5. The van der Waals surface area contributed by atoms with Crippen LogP contribution in [0.25, 0.3) is 0 Å². The summed E-state index contributed by atoms with van der Waals surface area (Å²) < 4.78 is 0. The molecular formula is C18H27N3OS. The monoisotopic (exact) mass is 333 g/mol. The lowest BCUT2D eigenvalue weighted by Gasteiger charge is -2.20. The lowest BCUT2D eigenvalue weighted by molar-refractivity contribution is 0.0778. The van der Waals surface area contributed by atoms with Gasteiger partial charge in [0.1, 0.15) is 0 Å². The Kier molecular flexibility index (Phi) is 5.49. The van der Waals surface area contributed by atoms with E-state index < -0.39 is 5.60 Å². The molecule has 0 spiro atoms. The van der Waals surface area contributed by atoms with Crippen molar-refractivity contribution in [1.82, 2.24) is 10.6 Å². The van der Waals surface area contributed by atoms with E-state index in [0.717, 1.165) is 37.0 Å². The van der Waals surface area contributed by atoms with Crippen molar-refractivity contribution >= 4 is 17.7 Å². The number of thioether (sulfide) groups is 1. The second-order valence-electron chi connectivity index (χ2n) is 6.54. The third-order valence-corrected chi connectivity index (χ3v) is 5.97. The maximum atomic E-state index is 10.4. The van der Waals surface area contributed by atoms with Crippen LogP contribution >= 0.6 is 11.8 Å². The molecule has 5 heteroatoms. The summed E-state index contributed by atoms with van der Waals surface area (Å²) in [7, 11) is 0. The molecule has 0 bridgehead atoms. The highest BCUT2D eigenvalue weighted by atomic mass is 32.2. The summed E-state index contributed by atoms with van der Waals surface area (Å²) in [5.41, 5.74) is 2.34. The van der Waals surface area contributed by atoms with E-state index in [1.54, 1.807) is 0 Å². The third-order valence-electron chi connectivity index (χ3n) is 4.73. The fraction of sp³-hybridized carbons (Fsp3) is 0.611. The molecule has 2 atom stereocenters. The molecule has 0 saturated carbocycles. The van der Waals surface area contributed by atoms with Crippen LogP contribution in [0.5, 0.6) is 0 Å². The lowest BCUT2D eigenvalue weighted by Crippen LogP contribution is -2.41. The van der Waals surface area contributed by atoms with Crippen LogP contribution in [0.3, 0.4) is 0 Å². The van der Waals surface area contributed by atoms with E-state index in [-0.39, 0.29) is 0 Å². The predicted octanol–water partition coefficient (Wildman–Crippen LogP) is 2.14. The van der Waals surface area contributed by atoms with Crippen LogP contribution < -0.4 is 10.6 Å². The van der Waals surface area contributed by atoms with Gasteiger partial charge in [0, 0.05) is 24.8 Å². The number of guanidine groups is 1. The Morgan fingerprint density at radius 2 is 2.26 bits per heavy atom. The van der Waals surface area contributed by atoms with Gasteiger partial charge in [0.15, 0.2) is 5.96 Å². The van der Waals surface area contributed by atoms with Gasteiger partial charge in [-0.2, -0.15) is 11.8 Å². The van der Waals surface area contributed by atoms with E-state index >= 15 is 0 Å². The fourth-order valence-corrected chi connectivity index (χ4v) is 4.65. The molecule has 0 radical (unpaired) electrons. The minimum atomic E-state index is -0.618. The van der Waals surface area contributed by atoms with Crippen molar-refractivity contribution in [3.05, 3.63) is 35.4 Å². The minimum absolute atomic E-state index is 0.483. The van der Waals surface area contributed by atoms with E-state index in [1.807, 2.05) is 11.8 Å². The second kappa shape index (κ2) is 7.58. The Bertz CT molecular complexity index is 555. The molecule has 0 amide bonds. The van der Waals surface area contributed by atoms with Gasteiger partial charge in [-0.05, 0) is 43.1 Å². The highest BCUT2D eigenvalue weighted by Gasteiger charge is 2.31. The van der Waals surface area contributed by atoms with Gasteiger partial charge in [-0.1, -0.05) is 24.3 Å². The summed E-state index contributed by atoms with van der Waals surface area (Å²) in [4.78, 5) is 4.62. The van der Waals surface area contributed by atoms with Crippen LogP contribution in [0.2, 0.25) is 0 Å². The Labute approximate surface area is 143 Å². The van der Waals surface area contributed by atoms with Crippen molar-refractivity contribution in [2.24, 2.45) is 4.99 Å². The number of hydrogen-bond donors (Lipinski definition) is 3. The van der Waals surface area contributed by atoms with Gasteiger partial charge in [0.05, 0.1) is 12.1 Å². The Balaban J connectivity index is 1.57. The fourth-order valence-electron chi connectivity index (χ4n) is 3.37. The highest BCUT2D eigenvalue weighted by molar-refractivity contribution is 7.99. The van der Waals surface area contributed by atoms with Crippen LogP contribution in [0, 0.1) is 0 Å². The van der Waals surface area contributed by atoms with Crippen molar-refractivity contribution in [2.45, 2.75) is 37.7 Å². The van der Waals surface area contributed by atoms with Gasteiger partial charge >= 0.3 is 0 Å². The zero-order valence-electron chi connectivity index (χ0n) is 13.8. The normalized spacial score (nSPS) is 27.0. The zero-order valence-corrected chi connectivity index (χ0v) is 14.7. The summed E-state index contributed by atoms with van der Waals surface area (Å²) in [5, 5.41) is 17.2. The summed E-state index contributed by atoms with van der Waals surface area (Å²) >= 11 is 1.81. The van der Waals surface area contributed by atoms with Gasteiger partial charge in [-0.25, -0.2) is 0 Å². The van der Waals surface area contributed by atoms with Gasteiger partial charge in [0.2, 0.25) is 0 Å². The molecule has 1 heterocycles. The molecule has 3 rings (SSSR count). The summed E-state index contributed by atoms with van der Waals surface area (Å²) in [5.74, 6) is 3.21. The van der Waals surface area contributed by atoms with E-state index in [9.17, 15) is 5.11 Å². The maximum Gasteiger partial charge on any atom is 0.191 e. The highest BCUT2D eigenvalue weighted by Crippen LogP contribution is 2.32. The topological polar surface area (TPSA) is 56.7 Å². The molecular weight excluding hydrogens is 306 g/mol. The van der Waals surface area contributed by atoms with Crippen LogP contribution in [-0.2, 0) is 6.42 Å². The van der Waals surface area contributed by atoms with E-state index in [1.165, 1.54) is 24.0 Å². The molecule has 0 aromatic heterocycles. The van der Waals surface area contributed by atoms with Gasteiger partial charge < -0.3 is 15.7 Å². The molecule has 2 unspecified atom stereocenters. The summed E-state index contributed by atoms with van der Waals surface area (Å²) in [6.07, 6.45) is 3.22. The van der Waals surface area contributed by atoms with Crippen molar-refractivity contribution in [3.8, 4) is 0 Å². The molecule has 1 aliphatic heterocycles. The summed E-state index contributed by atoms with van der Waals surface area (Å²) in [6.45, 7) is 4.29. The summed E-state index contributed by atoms with van der Waals surface area (Å²) in [6, 6.07) is 8.74. The maximum absolute atomic E-state index is 10.4. The number of aliphatic hydroxyl groups is 1. The quantitative estimate of drug-likeness (QED) is 0.571. The van der Waals surface area contributed by atoms with E-state index in [0.29, 0.717) is 12.5 Å². The molecule has 1 aromatic rings. The van der Waals surface area contributed by atoms with Gasteiger partial charge in [-0.3, -0.25) is 4.99 Å². The average molecular weight is 334 g/mol. The number of nitrogens with one attached hydrogen (secondary N) is 2. The predicted molar refractivity (Wildman–Crippen MR) is 98.4 cm³/mol. The SMILES string of the molecule is CCNC(=NCC1(O)CCSC1)NCC1CCc2ccccc21. The first-order chi connectivity index (χ1) is 11.2. The second-order valence-corrected chi connectivity index (χ2v) is 7.64. The molecule has 2 aliphatic rings. The van der Waals surface area contributed by atoms with Crippen molar-refractivity contribution in [1.29, 1.82) is 0 Å². The molecule has 1 fully saturated rings. The number of hydrogen-bond acceptors (Lipinski definition) is 3. The molecule has 1 aliphatic carbocycles. The van der Waals surface area contributed by atoms with Crippen LogP contribution in [-0.4, -0.2) is 47.8 Å². The van der Waals surface area contributed by atoms with Crippen molar-refractivity contribution in [2.75, 3.05) is 31.1 Å². The van der Waals surface area contributed by atoms with Gasteiger partial charge in [0.25, 0.3) is 0 Å². The molecule has 23 heavy (non-hydrogen) atoms. The Morgan fingerprint density at radius 3 is 3.04 bits per heavy atom. The minimum Gasteiger partial charge on any atom is -0.387 e. The Hall–Kier alpha value is -1.20. The van der Waals surface area contributed by atoms with Crippen LogP contribution in [0.1, 0.15) is 36.8 Å². The molecule has 4 nitrogen and oxygen atoms in total. The van der Waals surface area contributed by atoms with Crippen LogP contribution in [0.4, 0.5) is 0 Å². The molecule has 1 saturated heterocycles. The largest absolute Gasteiger partial charge is 0.387 e. The third kappa shape index (κ3) is 4.21. The standard InChI is InChI=1S/C18H27N3OS/c1-2-19-17(21-12-18(22)9-10-23-13-18)20-11-15-8-7-14-5-3-4-6-16(14)15/h3-6,15,22H,2,7-13H2,1H3,(H2,19,20,21). The van der Waals surface area contributed by atoms with E-state index in [4.69, 9.17) is 0 Å².